The second-order valence-electron chi connectivity index (χ2n) is 7.73. The van der Waals surface area contributed by atoms with E-state index in [9.17, 15) is 9.18 Å². The SMILES string of the molecule is O=C(c1nn(-c2ccccc2F)c2c1CCC2)N1CCC(C2OCCO2)CC1. The molecule has 0 spiro atoms. The average Bonchev–Trinajstić information content (AvgIpc) is 3.46. The molecule has 2 fully saturated rings. The average molecular weight is 385 g/mol. The molecule has 5 rings (SSSR count). The van der Waals surface area contributed by atoms with Gasteiger partial charge in [0.05, 0.1) is 13.2 Å². The van der Waals surface area contributed by atoms with Crippen LogP contribution in [-0.4, -0.2) is 53.2 Å². The first kappa shape index (κ1) is 17.8. The Hall–Kier alpha value is -2.25. The summed E-state index contributed by atoms with van der Waals surface area (Å²) in [6.07, 6.45) is 4.23. The minimum Gasteiger partial charge on any atom is -0.350 e. The number of likely N-dealkylation sites (tertiary alicyclic amines) is 1. The largest absolute Gasteiger partial charge is 0.350 e. The van der Waals surface area contributed by atoms with Crippen LogP contribution in [0.15, 0.2) is 24.3 Å². The lowest BCUT2D eigenvalue weighted by Crippen LogP contribution is -2.41. The minimum atomic E-state index is -0.323. The van der Waals surface area contributed by atoms with Crippen molar-refractivity contribution in [3.8, 4) is 5.69 Å². The summed E-state index contributed by atoms with van der Waals surface area (Å²) in [5, 5.41) is 4.57. The van der Waals surface area contributed by atoms with Gasteiger partial charge in [0.25, 0.3) is 5.91 Å². The topological polar surface area (TPSA) is 56.6 Å². The highest BCUT2D eigenvalue weighted by atomic mass is 19.1. The van der Waals surface area contributed by atoms with Gasteiger partial charge in [-0.05, 0) is 44.2 Å². The third-order valence-corrected chi connectivity index (χ3v) is 6.07. The third-order valence-electron chi connectivity index (χ3n) is 6.07. The van der Waals surface area contributed by atoms with Gasteiger partial charge in [-0.1, -0.05) is 12.1 Å². The summed E-state index contributed by atoms with van der Waals surface area (Å²) in [7, 11) is 0. The molecular weight excluding hydrogens is 361 g/mol. The monoisotopic (exact) mass is 385 g/mol. The standard InChI is InChI=1S/C21H24FN3O3/c22-16-5-1-2-6-18(16)25-17-7-3-4-15(17)19(23-25)20(26)24-10-8-14(9-11-24)21-27-12-13-28-21/h1-2,5-6,14,21H,3-4,7-13H2. The van der Waals surface area contributed by atoms with E-state index in [1.54, 1.807) is 22.9 Å². The predicted octanol–water partition coefficient (Wildman–Crippen LogP) is 2.73. The number of hydrogen-bond acceptors (Lipinski definition) is 4. The van der Waals surface area contributed by atoms with E-state index in [1.807, 2.05) is 4.90 Å². The fourth-order valence-corrected chi connectivity index (χ4v) is 4.61. The fourth-order valence-electron chi connectivity index (χ4n) is 4.61. The van der Waals surface area contributed by atoms with Crippen molar-refractivity contribution in [2.75, 3.05) is 26.3 Å². The molecule has 0 atom stereocenters. The Labute approximate surface area is 163 Å². The van der Waals surface area contributed by atoms with Gasteiger partial charge >= 0.3 is 0 Å². The zero-order valence-electron chi connectivity index (χ0n) is 15.8. The molecule has 148 valence electrons. The molecule has 2 aromatic rings. The molecule has 0 saturated carbocycles. The van der Waals surface area contributed by atoms with E-state index in [1.165, 1.54) is 6.07 Å². The van der Waals surface area contributed by atoms with Gasteiger partial charge in [0, 0.05) is 30.3 Å². The second kappa shape index (κ2) is 7.29. The highest BCUT2D eigenvalue weighted by Crippen LogP contribution is 2.31. The first-order valence-electron chi connectivity index (χ1n) is 10.1. The Morgan fingerprint density at radius 1 is 1.11 bits per heavy atom. The van der Waals surface area contributed by atoms with E-state index in [0.29, 0.717) is 43.6 Å². The number of ether oxygens (including phenoxy) is 2. The summed E-state index contributed by atoms with van der Waals surface area (Å²) in [5.41, 5.74) is 2.85. The molecule has 28 heavy (non-hydrogen) atoms. The van der Waals surface area contributed by atoms with E-state index >= 15 is 0 Å². The number of carbonyl (C=O) groups excluding carboxylic acids is 1. The van der Waals surface area contributed by atoms with Gasteiger partial charge < -0.3 is 14.4 Å². The smallest absolute Gasteiger partial charge is 0.274 e. The summed E-state index contributed by atoms with van der Waals surface area (Å²) in [6.45, 7) is 2.66. The molecule has 1 aromatic carbocycles. The number of para-hydroxylation sites is 1. The van der Waals surface area contributed by atoms with E-state index < -0.39 is 0 Å². The zero-order valence-corrected chi connectivity index (χ0v) is 15.8. The van der Waals surface area contributed by atoms with Crippen LogP contribution in [0.25, 0.3) is 5.69 Å². The van der Waals surface area contributed by atoms with Crippen LogP contribution in [0.2, 0.25) is 0 Å². The van der Waals surface area contributed by atoms with Crippen molar-refractivity contribution < 1.29 is 18.7 Å². The van der Waals surface area contributed by atoms with Crippen molar-refractivity contribution in [1.82, 2.24) is 14.7 Å². The highest BCUT2D eigenvalue weighted by Gasteiger charge is 2.35. The van der Waals surface area contributed by atoms with Crippen molar-refractivity contribution in [3.05, 3.63) is 47.0 Å². The van der Waals surface area contributed by atoms with Crippen LogP contribution in [0, 0.1) is 11.7 Å². The molecule has 1 amide bonds. The summed E-state index contributed by atoms with van der Waals surface area (Å²) >= 11 is 0. The molecule has 0 N–H and O–H groups in total. The molecule has 3 heterocycles. The van der Waals surface area contributed by atoms with Gasteiger partial charge in [-0.25, -0.2) is 9.07 Å². The van der Waals surface area contributed by atoms with Crippen molar-refractivity contribution in [2.45, 2.75) is 38.4 Å². The number of carbonyl (C=O) groups is 1. The van der Waals surface area contributed by atoms with Crippen LogP contribution < -0.4 is 0 Å². The first-order chi connectivity index (χ1) is 13.7. The predicted molar refractivity (Wildman–Crippen MR) is 99.9 cm³/mol. The van der Waals surface area contributed by atoms with E-state index in [4.69, 9.17) is 9.47 Å². The molecule has 2 saturated heterocycles. The summed E-state index contributed by atoms with van der Waals surface area (Å²) in [6, 6.07) is 6.59. The van der Waals surface area contributed by atoms with Crippen molar-refractivity contribution in [1.29, 1.82) is 0 Å². The molecule has 2 aliphatic heterocycles. The molecular formula is C21H24FN3O3. The van der Waals surface area contributed by atoms with E-state index in [-0.39, 0.29) is 18.0 Å². The Balaban J connectivity index is 1.37. The van der Waals surface area contributed by atoms with Crippen molar-refractivity contribution in [3.63, 3.8) is 0 Å². The van der Waals surface area contributed by atoms with Crippen molar-refractivity contribution >= 4 is 5.91 Å². The lowest BCUT2D eigenvalue weighted by Gasteiger charge is -2.33. The first-order valence-corrected chi connectivity index (χ1v) is 10.1. The van der Waals surface area contributed by atoms with Crippen LogP contribution in [0.1, 0.15) is 41.0 Å². The number of halogens is 1. The lowest BCUT2D eigenvalue weighted by molar-refractivity contribution is -0.0956. The minimum absolute atomic E-state index is 0.0417. The maximum atomic E-state index is 14.3. The van der Waals surface area contributed by atoms with Crippen LogP contribution in [-0.2, 0) is 22.3 Å². The van der Waals surface area contributed by atoms with E-state index in [2.05, 4.69) is 5.10 Å². The Morgan fingerprint density at radius 2 is 1.86 bits per heavy atom. The summed E-state index contributed by atoms with van der Waals surface area (Å²) in [5.74, 6) is -0.0238. The number of aromatic nitrogens is 2. The molecule has 7 heteroatoms. The summed E-state index contributed by atoms with van der Waals surface area (Å²) < 4.78 is 27.2. The molecule has 0 radical (unpaired) electrons. The van der Waals surface area contributed by atoms with E-state index in [0.717, 1.165) is 43.4 Å². The number of fused-ring (bicyclic) bond motifs is 1. The number of nitrogens with zero attached hydrogens (tertiary/aromatic N) is 3. The Kier molecular flexibility index (Phi) is 4.64. The number of benzene rings is 1. The molecule has 6 nitrogen and oxygen atoms in total. The Morgan fingerprint density at radius 3 is 2.61 bits per heavy atom. The van der Waals surface area contributed by atoms with Gasteiger partial charge in [-0.3, -0.25) is 4.79 Å². The van der Waals surface area contributed by atoms with Gasteiger partial charge in [0.1, 0.15) is 11.5 Å². The molecule has 1 aromatic heterocycles. The van der Waals surface area contributed by atoms with Gasteiger partial charge in [-0.2, -0.15) is 5.10 Å². The lowest BCUT2D eigenvalue weighted by atomic mass is 9.96. The molecule has 0 unspecified atom stereocenters. The number of amides is 1. The van der Waals surface area contributed by atoms with Gasteiger partial charge in [-0.15, -0.1) is 0 Å². The zero-order chi connectivity index (χ0) is 19.1. The van der Waals surface area contributed by atoms with Crippen LogP contribution >= 0.6 is 0 Å². The quantitative estimate of drug-likeness (QED) is 0.815. The van der Waals surface area contributed by atoms with Gasteiger partial charge in [0.15, 0.2) is 12.0 Å². The number of rotatable bonds is 3. The maximum Gasteiger partial charge on any atom is 0.274 e. The highest BCUT2D eigenvalue weighted by molar-refractivity contribution is 5.94. The third kappa shape index (κ3) is 3.02. The molecule has 3 aliphatic rings. The van der Waals surface area contributed by atoms with Crippen LogP contribution in [0.3, 0.4) is 0 Å². The normalized spacial score (nSPS) is 20.7. The Bertz CT molecular complexity index is 883. The second-order valence-corrected chi connectivity index (χ2v) is 7.73. The number of piperidine rings is 1. The van der Waals surface area contributed by atoms with Crippen molar-refractivity contribution in [2.24, 2.45) is 5.92 Å². The van der Waals surface area contributed by atoms with Crippen LogP contribution in [0.4, 0.5) is 4.39 Å². The fraction of sp³-hybridized carbons (Fsp3) is 0.524. The number of hydrogen-bond donors (Lipinski definition) is 0. The maximum absolute atomic E-state index is 14.3. The molecule has 0 bridgehead atoms. The van der Waals surface area contributed by atoms with Crippen LogP contribution in [0.5, 0.6) is 0 Å². The summed E-state index contributed by atoms with van der Waals surface area (Å²) in [4.78, 5) is 15.1. The molecule has 1 aliphatic carbocycles. The van der Waals surface area contributed by atoms with Gasteiger partial charge in [0.2, 0.25) is 0 Å².